The summed E-state index contributed by atoms with van der Waals surface area (Å²) in [5.74, 6) is 5.81. The molecule has 0 saturated heterocycles. The molecule has 0 fully saturated rings. The Morgan fingerprint density at radius 1 is 1.25 bits per heavy atom. The number of phenols is 1. The second-order valence-corrected chi connectivity index (χ2v) is 6.87. The smallest absolute Gasteiger partial charge is 0.227 e. The van der Waals surface area contributed by atoms with Crippen LogP contribution in [-0.4, -0.2) is 23.5 Å². The van der Waals surface area contributed by atoms with Crippen LogP contribution in [0, 0.1) is 0 Å². The highest BCUT2D eigenvalue weighted by atomic mass is 35.5. The largest absolute Gasteiger partial charge is 0.508 e. The molecule has 0 aliphatic heterocycles. The number of nitrogens with zero attached hydrogens (tertiary/aromatic N) is 2. The molecule has 0 aromatic heterocycles. The number of phenolic OH excluding ortho intramolecular Hbond substituents is 1. The molecule has 1 unspecified atom stereocenters. The summed E-state index contributed by atoms with van der Waals surface area (Å²) in [5, 5.41) is 9.97. The number of hydrogen-bond donors (Lipinski definition) is 2. The van der Waals surface area contributed by atoms with Gasteiger partial charge in [-0.15, -0.1) is 0 Å². The van der Waals surface area contributed by atoms with Crippen molar-refractivity contribution in [3.63, 3.8) is 0 Å². The van der Waals surface area contributed by atoms with Gasteiger partial charge in [-0.25, -0.2) is 4.99 Å². The molecule has 150 valence electrons. The molecule has 0 aliphatic rings. The van der Waals surface area contributed by atoms with Gasteiger partial charge in [-0.05, 0) is 49.2 Å². The average molecular weight is 404 g/mol. The van der Waals surface area contributed by atoms with E-state index in [2.05, 4.69) is 4.99 Å². The fourth-order valence-electron chi connectivity index (χ4n) is 2.81. The number of carbonyl (C=O) groups excluding carboxylic acids is 1. The summed E-state index contributed by atoms with van der Waals surface area (Å²) in [6.07, 6.45) is 1.33. The first kappa shape index (κ1) is 21.7. The number of nitrogens with two attached hydrogens (primary N) is 1. The number of rotatable bonds is 8. The van der Waals surface area contributed by atoms with E-state index in [1.165, 1.54) is 0 Å². The first-order valence-electron chi connectivity index (χ1n) is 9.22. The van der Waals surface area contributed by atoms with E-state index in [-0.39, 0.29) is 24.1 Å². The van der Waals surface area contributed by atoms with Gasteiger partial charge in [0.1, 0.15) is 5.75 Å². The number of carbonyl (C=O) groups is 1. The standard InChI is InChI=1S/C21H26ClN3O3/c1-3-13-25(18-6-4-5-17(22)14-18)21(27)12-11-20(28-23)24-15(2)16-7-9-19(26)10-8-16/h4-10,14-15,26H,3,11-13,23H2,1-2H3. The van der Waals surface area contributed by atoms with Gasteiger partial charge < -0.3 is 14.8 Å². The Morgan fingerprint density at radius 3 is 2.57 bits per heavy atom. The molecule has 0 bridgehead atoms. The van der Waals surface area contributed by atoms with Crippen LogP contribution in [0.1, 0.15) is 44.7 Å². The van der Waals surface area contributed by atoms with Gasteiger partial charge in [-0.2, -0.15) is 5.90 Å². The van der Waals surface area contributed by atoms with Gasteiger partial charge in [0, 0.05) is 30.1 Å². The van der Waals surface area contributed by atoms with Crippen molar-refractivity contribution in [3.05, 3.63) is 59.1 Å². The summed E-state index contributed by atoms with van der Waals surface area (Å²) in [6, 6.07) is 13.8. The van der Waals surface area contributed by atoms with Crippen LogP contribution >= 0.6 is 11.6 Å². The number of anilines is 1. The normalized spacial score (nSPS) is 12.5. The maximum atomic E-state index is 12.8. The van der Waals surface area contributed by atoms with Crippen molar-refractivity contribution in [2.75, 3.05) is 11.4 Å². The minimum Gasteiger partial charge on any atom is -0.508 e. The van der Waals surface area contributed by atoms with E-state index in [1.54, 1.807) is 41.3 Å². The molecule has 1 amide bonds. The van der Waals surface area contributed by atoms with Gasteiger partial charge in [0.25, 0.3) is 0 Å². The van der Waals surface area contributed by atoms with E-state index in [4.69, 9.17) is 22.3 Å². The zero-order valence-corrected chi connectivity index (χ0v) is 16.9. The monoisotopic (exact) mass is 403 g/mol. The lowest BCUT2D eigenvalue weighted by atomic mass is 10.1. The molecule has 0 saturated carbocycles. The summed E-state index contributed by atoms with van der Waals surface area (Å²) in [4.78, 5) is 23.8. The van der Waals surface area contributed by atoms with Crippen molar-refractivity contribution >= 4 is 29.1 Å². The van der Waals surface area contributed by atoms with E-state index in [0.29, 0.717) is 23.9 Å². The van der Waals surface area contributed by atoms with Crippen LogP contribution < -0.4 is 10.8 Å². The Hall–Kier alpha value is -2.57. The molecule has 0 aliphatic carbocycles. The van der Waals surface area contributed by atoms with Crippen molar-refractivity contribution < 1.29 is 14.7 Å². The number of amides is 1. The maximum Gasteiger partial charge on any atom is 0.227 e. The van der Waals surface area contributed by atoms with Crippen molar-refractivity contribution in [1.29, 1.82) is 0 Å². The number of hydrogen-bond acceptors (Lipinski definition) is 5. The van der Waals surface area contributed by atoms with Crippen LogP contribution in [0.4, 0.5) is 5.69 Å². The molecule has 28 heavy (non-hydrogen) atoms. The second kappa shape index (κ2) is 10.7. The lowest BCUT2D eigenvalue weighted by molar-refractivity contribution is -0.118. The quantitative estimate of drug-likeness (QED) is 0.382. The maximum absolute atomic E-state index is 12.8. The fourth-order valence-corrected chi connectivity index (χ4v) is 3.00. The Kier molecular flexibility index (Phi) is 8.29. The van der Waals surface area contributed by atoms with E-state index >= 15 is 0 Å². The van der Waals surface area contributed by atoms with Crippen molar-refractivity contribution in [3.8, 4) is 5.75 Å². The zero-order chi connectivity index (χ0) is 20.5. The van der Waals surface area contributed by atoms with Crippen LogP contribution in [-0.2, 0) is 9.63 Å². The molecule has 2 aromatic carbocycles. The molecule has 2 aromatic rings. The summed E-state index contributed by atoms with van der Waals surface area (Å²) in [5.41, 5.74) is 1.68. The number of aliphatic imine (C=N–C) groups is 1. The van der Waals surface area contributed by atoms with Gasteiger partial charge in [-0.3, -0.25) is 4.79 Å². The van der Waals surface area contributed by atoms with E-state index < -0.39 is 0 Å². The average Bonchev–Trinajstić information content (AvgIpc) is 2.69. The Balaban J connectivity index is 2.05. The third kappa shape index (κ3) is 6.25. The molecular formula is C21H26ClN3O3. The summed E-state index contributed by atoms with van der Waals surface area (Å²) >= 11 is 6.06. The second-order valence-electron chi connectivity index (χ2n) is 6.43. The topological polar surface area (TPSA) is 88.2 Å². The summed E-state index contributed by atoms with van der Waals surface area (Å²) < 4.78 is 0. The first-order chi connectivity index (χ1) is 13.4. The predicted molar refractivity (Wildman–Crippen MR) is 113 cm³/mol. The van der Waals surface area contributed by atoms with Crippen LogP contribution in [0.2, 0.25) is 5.02 Å². The highest BCUT2D eigenvalue weighted by Gasteiger charge is 2.17. The Labute approximate surface area is 170 Å². The van der Waals surface area contributed by atoms with E-state index in [9.17, 15) is 9.90 Å². The third-order valence-corrected chi connectivity index (χ3v) is 4.51. The molecule has 2 rings (SSSR count). The predicted octanol–water partition coefficient (Wildman–Crippen LogP) is 4.62. The van der Waals surface area contributed by atoms with Gasteiger partial charge >= 0.3 is 0 Å². The molecule has 1 atom stereocenters. The van der Waals surface area contributed by atoms with Gasteiger partial charge in [-0.1, -0.05) is 36.7 Å². The Morgan fingerprint density at radius 2 is 1.96 bits per heavy atom. The van der Waals surface area contributed by atoms with E-state index in [1.807, 2.05) is 26.0 Å². The molecule has 0 spiro atoms. The minimum atomic E-state index is -0.214. The lowest BCUT2D eigenvalue weighted by Gasteiger charge is -2.22. The molecular weight excluding hydrogens is 378 g/mol. The van der Waals surface area contributed by atoms with Gasteiger partial charge in [0.2, 0.25) is 11.8 Å². The van der Waals surface area contributed by atoms with Crippen molar-refractivity contribution in [1.82, 2.24) is 0 Å². The molecule has 0 radical (unpaired) electrons. The zero-order valence-electron chi connectivity index (χ0n) is 16.1. The van der Waals surface area contributed by atoms with Crippen LogP contribution in [0.3, 0.4) is 0 Å². The molecule has 3 N–H and O–H groups in total. The minimum absolute atomic E-state index is 0.0499. The van der Waals surface area contributed by atoms with Crippen LogP contribution in [0.15, 0.2) is 53.5 Å². The summed E-state index contributed by atoms with van der Waals surface area (Å²) in [7, 11) is 0. The number of halogens is 1. The molecule has 7 heteroatoms. The highest BCUT2D eigenvalue weighted by molar-refractivity contribution is 6.30. The number of benzene rings is 2. The SMILES string of the molecule is CCCN(C(=O)CCC(=NC(C)c1ccc(O)cc1)ON)c1cccc(Cl)c1. The van der Waals surface area contributed by atoms with Crippen molar-refractivity contribution in [2.24, 2.45) is 10.9 Å². The van der Waals surface area contributed by atoms with Gasteiger partial charge in [0.05, 0.1) is 6.04 Å². The molecule has 6 nitrogen and oxygen atoms in total. The lowest BCUT2D eigenvalue weighted by Crippen LogP contribution is -2.32. The fraction of sp³-hybridized carbons (Fsp3) is 0.333. The van der Waals surface area contributed by atoms with Crippen molar-refractivity contribution in [2.45, 2.75) is 39.2 Å². The summed E-state index contributed by atoms with van der Waals surface area (Å²) in [6.45, 7) is 4.50. The third-order valence-electron chi connectivity index (χ3n) is 4.27. The first-order valence-corrected chi connectivity index (χ1v) is 9.60. The van der Waals surface area contributed by atoms with Crippen LogP contribution in [0.25, 0.3) is 0 Å². The number of aromatic hydroxyl groups is 1. The van der Waals surface area contributed by atoms with E-state index in [0.717, 1.165) is 17.7 Å². The molecule has 0 heterocycles. The highest BCUT2D eigenvalue weighted by Crippen LogP contribution is 2.22. The van der Waals surface area contributed by atoms with Gasteiger partial charge in [0.15, 0.2) is 0 Å². The Bertz CT molecular complexity index is 809. The van der Waals surface area contributed by atoms with Crippen LogP contribution in [0.5, 0.6) is 5.75 Å².